The number of esters is 1. The summed E-state index contributed by atoms with van der Waals surface area (Å²) in [5, 5.41) is 12.0. The van der Waals surface area contributed by atoms with E-state index in [1.165, 1.54) is 13.2 Å². The molecule has 2 atom stereocenters. The molecule has 1 aromatic heterocycles. The van der Waals surface area contributed by atoms with Crippen molar-refractivity contribution >= 4 is 23.7 Å². The van der Waals surface area contributed by atoms with Gasteiger partial charge in [0.1, 0.15) is 24.2 Å². The van der Waals surface area contributed by atoms with E-state index in [1.54, 1.807) is 17.8 Å². The highest BCUT2D eigenvalue weighted by atomic mass is 32.2. The molecule has 0 aliphatic carbocycles. The van der Waals surface area contributed by atoms with Gasteiger partial charge in [0.2, 0.25) is 5.76 Å². The van der Waals surface area contributed by atoms with Gasteiger partial charge in [-0.3, -0.25) is 10.1 Å². The SMILES string of the molecule is COC(=O)c1ccc(COc2ccc([C@@H]3N[C@@H](C(=O)O)CS3)cc2)o1. The molecule has 0 unspecified atom stereocenters. The number of rotatable bonds is 6. The van der Waals surface area contributed by atoms with Crippen LogP contribution in [0, 0.1) is 0 Å². The first-order chi connectivity index (χ1) is 12.1. The van der Waals surface area contributed by atoms with Crippen LogP contribution in [0.25, 0.3) is 0 Å². The van der Waals surface area contributed by atoms with Crippen molar-refractivity contribution < 1.29 is 28.6 Å². The van der Waals surface area contributed by atoms with Crippen LogP contribution in [0.2, 0.25) is 0 Å². The van der Waals surface area contributed by atoms with E-state index < -0.39 is 18.0 Å². The zero-order chi connectivity index (χ0) is 17.8. The number of carboxylic acid groups (broad SMARTS) is 1. The second-order valence-corrected chi connectivity index (χ2v) is 6.52. The maximum absolute atomic E-state index is 11.3. The number of methoxy groups -OCH3 is 1. The molecular formula is C17H17NO6S. The Labute approximate surface area is 148 Å². The monoisotopic (exact) mass is 363 g/mol. The smallest absolute Gasteiger partial charge is 0.373 e. The average Bonchev–Trinajstić information content (AvgIpc) is 3.29. The zero-order valence-electron chi connectivity index (χ0n) is 13.4. The first kappa shape index (κ1) is 17.4. The molecule has 0 radical (unpaired) electrons. The lowest BCUT2D eigenvalue weighted by atomic mass is 10.2. The number of nitrogens with one attached hydrogen (secondary N) is 1. The largest absolute Gasteiger partial charge is 0.486 e. The van der Waals surface area contributed by atoms with Gasteiger partial charge in [0.05, 0.1) is 12.5 Å². The first-order valence-electron chi connectivity index (χ1n) is 7.57. The molecule has 2 aromatic rings. The highest BCUT2D eigenvalue weighted by Crippen LogP contribution is 2.33. The fraction of sp³-hybridized carbons (Fsp3) is 0.294. The molecule has 132 valence electrons. The summed E-state index contributed by atoms with van der Waals surface area (Å²) in [6.45, 7) is 0.188. The Bertz CT molecular complexity index is 757. The third-order valence-electron chi connectivity index (χ3n) is 3.69. The number of carbonyl (C=O) groups is 2. The molecule has 1 aliphatic heterocycles. The van der Waals surface area contributed by atoms with E-state index in [2.05, 4.69) is 10.1 Å². The Morgan fingerprint density at radius 3 is 2.68 bits per heavy atom. The van der Waals surface area contributed by atoms with E-state index in [0.717, 1.165) is 5.56 Å². The predicted octanol–water partition coefficient (Wildman–Crippen LogP) is 2.43. The summed E-state index contributed by atoms with van der Waals surface area (Å²) >= 11 is 1.56. The van der Waals surface area contributed by atoms with Crippen LogP contribution in [0.3, 0.4) is 0 Å². The fourth-order valence-corrected chi connectivity index (χ4v) is 3.60. The first-order valence-corrected chi connectivity index (χ1v) is 8.62. The molecule has 0 spiro atoms. The summed E-state index contributed by atoms with van der Waals surface area (Å²) in [4.78, 5) is 22.3. The molecule has 25 heavy (non-hydrogen) atoms. The van der Waals surface area contributed by atoms with E-state index in [1.807, 2.05) is 24.3 Å². The molecule has 0 bridgehead atoms. The maximum atomic E-state index is 11.3. The number of hydrogen-bond donors (Lipinski definition) is 2. The molecule has 1 fully saturated rings. The number of thioether (sulfide) groups is 1. The van der Waals surface area contributed by atoms with Crippen molar-refractivity contribution in [1.82, 2.24) is 5.32 Å². The molecule has 7 nitrogen and oxygen atoms in total. The predicted molar refractivity (Wildman–Crippen MR) is 90.6 cm³/mol. The Morgan fingerprint density at radius 1 is 1.28 bits per heavy atom. The van der Waals surface area contributed by atoms with E-state index in [4.69, 9.17) is 14.3 Å². The van der Waals surface area contributed by atoms with Crippen molar-refractivity contribution in [3.63, 3.8) is 0 Å². The Balaban J connectivity index is 1.55. The highest BCUT2D eigenvalue weighted by Gasteiger charge is 2.30. The van der Waals surface area contributed by atoms with Crippen LogP contribution in [0.5, 0.6) is 5.75 Å². The van der Waals surface area contributed by atoms with Gasteiger partial charge in [-0.2, -0.15) is 0 Å². The third-order valence-corrected chi connectivity index (χ3v) is 4.96. The van der Waals surface area contributed by atoms with Crippen molar-refractivity contribution in [1.29, 1.82) is 0 Å². The number of carboxylic acids is 1. The molecule has 1 aromatic carbocycles. The van der Waals surface area contributed by atoms with Crippen LogP contribution >= 0.6 is 11.8 Å². The van der Waals surface area contributed by atoms with Crippen molar-refractivity contribution in [3.8, 4) is 5.75 Å². The minimum absolute atomic E-state index is 0.0390. The number of benzene rings is 1. The lowest BCUT2D eigenvalue weighted by Gasteiger charge is -2.12. The molecule has 0 saturated carbocycles. The summed E-state index contributed by atoms with van der Waals surface area (Å²) < 4.78 is 15.5. The summed E-state index contributed by atoms with van der Waals surface area (Å²) in [7, 11) is 1.29. The molecule has 3 rings (SSSR count). The second kappa shape index (κ2) is 7.62. The van der Waals surface area contributed by atoms with Gasteiger partial charge in [-0.25, -0.2) is 4.79 Å². The number of carbonyl (C=O) groups excluding carboxylic acids is 1. The lowest BCUT2D eigenvalue weighted by molar-refractivity contribution is -0.138. The quantitative estimate of drug-likeness (QED) is 0.755. The molecule has 2 N–H and O–H groups in total. The second-order valence-electron chi connectivity index (χ2n) is 5.39. The topological polar surface area (TPSA) is 98.0 Å². The van der Waals surface area contributed by atoms with Crippen molar-refractivity contribution in [2.24, 2.45) is 0 Å². The van der Waals surface area contributed by atoms with E-state index in [9.17, 15) is 9.59 Å². The zero-order valence-corrected chi connectivity index (χ0v) is 14.2. The van der Waals surface area contributed by atoms with Crippen LogP contribution in [0.1, 0.15) is 27.3 Å². The molecule has 8 heteroatoms. The number of ether oxygens (including phenoxy) is 2. The molecule has 1 aliphatic rings. The number of furan rings is 1. The Kier molecular flexibility index (Phi) is 5.30. The van der Waals surface area contributed by atoms with Gasteiger partial charge in [-0.1, -0.05) is 12.1 Å². The van der Waals surface area contributed by atoms with Crippen LogP contribution in [0.4, 0.5) is 0 Å². The van der Waals surface area contributed by atoms with Crippen molar-refractivity contribution in [2.45, 2.75) is 18.0 Å². The molecular weight excluding hydrogens is 346 g/mol. The third kappa shape index (κ3) is 4.15. The molecule has 2 heterocycles. The van der Waals surface area contributed by atoms with E-state index in [-0.39, 0.29) is 17.7 Å². The fourth-order valence-electron chi connectivity index (χ4n) is 2.37. The summed E-state index contributed by atoms with van der Waals surface area (Å²) in [6.07, 6.45) is 0. The van der Waals surface area contributed by atoms with Crippen LogP contribution < -0.4 is 10.1 Å². The number of aliphatic carboxylic acids is 1. The highest BCUT2D eigenvalue weighted by molar-refractivity contribution is 7.99. The van der Waals surface area contributed by atoms with Gasteiger partial charge >= 0.3 is 11.9 Å². The maximum Gasteiger partial charge on any atom is 0.373 e. The van der Waals surface area contributed by atoms with Crippen LogP contribution in [0.15, 0.2) is 40.8 Å². The van der Waals surface area contributed by atoms with E-state index in [0.29, 0.717) is 17.3 Å². The molecule has 0 amide bonds. The van der Waals surface area contributed by atoms with Gasteiger partial charge in [-0.15, -0.1) is 11.8 Å². The Hall–Kier alpha value is -2.45. The molecule has 1 saturated heterocycles. The van der Waals surface area contributed by atoms with Crippen LogP contribution in [-0.4, -0.2) is 35.9 Å². The summed E-state index contributed by atoms with van der Waals surface area (Å²) in [6, 6.07) is 10.1. The normalized spacial score (nSPS) is 19.6. The van der Waals surface area contributed by atoms with Crippen molar-refractivity contribution in [2.75, 3.05) is 12.9 Å². The average molecular weight is 363 g/mol. The van der Waals surface area contributed by atoms with Gasteiger partial charge in [-0.05, 0) is 29.8 Å². The van der Waals surface area contributed by atoms with Gasteiger partial charge in [0.15, 0.2) is 0 Å². The minimum atomic E-state index is -0.834. The van der Waals surface area contributed by atoms with Gasteiger partial charge in [0.25, 0.3) is 0 Å². The number of hydrogen-bond acceptors (Lipinski definition) is 7. The standard InChI is InChI=1S/C17H17NO6S/c1-22-17(21)14-7-6-12(24-14)8-23-11-4-2-10(3-5-11)15-18-13(9-25-15)16(19)20/h2-7,13,15,18H,8-9H2,1H3,(H,19,20)/t13-,15-/m1/s1. The summed E-state index contributed by atoms with van der Waals surface area (Å²) in [5.41, 5.74) is 0.993. The van der Waals surface area contributed by atoms with Gasteiger partial charge in [0, 0.05) is 5.75 Å². The lowest BCUT2D eigenvalue weighted by Crippen LogP contribution is -2.33. The van der Waals surface area contributed by atoms with Gasteiger partial charge < -0.3 is 19.0 Å². The van der Waals surface area contributed by atoms with E-state index >= 15 is 0 Å². The van der Waals surface area contributed by atoms with Crippen molar-refractivity contribution in [3.05, 3.63) is 53.5 Å². The Morgan fingerprint density at radius 2 is 2.04 bits per heavy atom. The van der Waals surface area contributed by atoms with Crippen LogP contribution in [-0.2, 0) is 16.1 Å². The minimum Gasteiger partial charge on any atom is -0.486 e. The summed E-state index contributed by atoms with van der Waals surface area (Å²) in [5.74, 6) is 0.476.